The normalized spacial score (nSPS) is 11.4. The summed E-state index contributed by atoms with van der Waals surface area (Å²) in [5.74, 6) is -2.13. The molecule has 0 aliphatic carbocycles. The van der Waals surface area contributed by atoms with Gasteiger partial charge in [0.2, 0.25) is 0 Å². The zero-order valence-corrected chi connectivity index (χ0v) is 6.67. The molecule has 1 rings (SSSR count). The number of aromatic nitrogens is 1. The molecular formula is C7H5F3N2O2. The first-order valence-corrected chi connectivity index (χ1v) is 3.38. The van der Waals surface area contributed by atoms with Crippen molar-refractivity contribution in [3.8, 4) is 5.75 Å². The van der Waals surface area contributed by atoms with Crippen molar-refractivity contribution < 1.29 is 23.1 Å². The topological polar surface area (TPSA) is 76.2 Å². The Balaban J connectivity index is 3.29. The molecule has 0 unspecified atom stereocenters. The lowest BCUT2D eigenvalue weighted by atomic mass is 10.2. The van der Waals surface area contributed by atoms with E-state index in [0.29, 0.717) is 12.3 Å². The molecule has 0 spiro atoms. The van der Waals surface area contributed by atoms with Crippen LogP contribution in [0.15, 0.2) is 12.3 Å². The molecule has 4 nitrogen and oxygen atoms in total. The van der Waals surface area contributed by atoms with Crippen LogP contribution in [0.5, 0.6) is 5.75 Å². The number of nitrogens with zero attached hydrogens (tertiary/aromatic N) is 1. The molecule has 0 fully saturated rings. The second-order valence-electron chi connectivity index (χ2n) is 2.45. The summed E-state index contributed by atoms with van der Waals surface area (Å²) >= 11 is 0. The van der Waals surface area contributed by atoms with Crippen LogP contribution in [-0.4, -0.2) is 16.0 Å². The number of rotatable bonds is 1. The second-order valence-corrected chi connectivity index (χ2v) is 2.45. The lowest BCUT2D eigenvalue weighted by molar-refractivity contribution is -0.138. The highest BCUT2D eigenvalue weighted by Gasteiger charge is 2.34. The predicted molar refractivity (Wildman–Crippen MR) is 39.4 cm³/mol. The summed E-state index contributed by atoms with van der Waals surface area (Å²) in [6.07, 6.45) is -4.21. The molecule has 1 aromatic rings. The van der Waals surface area contributed by atoms with Crippen molar-refractivity contribution in [2.75, 3.05) is 0 Å². The van der Waals surface area contributed by atoms with Gasteiger partial charge in [-0.05, 0) is 6.07 Å². The van der Waals surface area contributed by atoms with E-state index in [1.807, 2.05) is 0 Å². The molecule has 0 aromatic carbocycles. The number of carbonyl (C=O) groups is 1. The molecule has 1 heterocycles. The van der Waals surface area contributed by atoms with Gasteiger partial charge >= 0.3 is 6.18 Å². The Kier molecular flexibility index (Phi) is 2.33. The summed E-state index contributed by atoms with van der Waals surface area (Å²) < 4.78 is 36.5. The van der Waals surface area contributed by atoms with Crippen molar-refractivity contribution in [1.82, 2.24) is 4.98 Å². The molecule has 76 valence electrons. The molecule has 0 saturated carbocycles. The average molecular weight is 206 g/mol. The molecule has 0 radical (unpaired) electrons. The fourth-order valence-corrected chi connectivity index (χ4v) is 0.810. The minimum Gasteiger partial charge on any atom is -0.506 e. The third-order valence-corrected chi connectivity index (χ3v) is 1.44. The van der Waals surface area contributed by atoms with E-state index < -0.39 is 29.1 Å². The lowest BCUT2D eigenvalue weighted by Gasteiger charge is -2.08. The van der Waals surface area contributed by atoms with Gasteiger partial charge in [0.05, 0.1) is 6.20 Å². The molecule has 0 atom stereocenters. The molecule has 0 aliphatic rings. The van der Waals surface area contributed by atoms with Crippen LogP contribution in [0.2, 0.25) is 0 Å². The number of alkyl halides is 3. The monoisotopic (exact) mass is 206 g/mol. The maximum Gasteiger partial charge on any atom is 0.420 e. The van der Waals surface area contributed by atoms with Crippen LogP contribution in [-0.2, 0) is 6.18 Å². The van der Waals surface area contributed by atoms with Crippen LogP contribution in [0.3, 0.4) is 0 Å². The number of hydrogen-bond acceptors (Lipinski definition) is 3. The van der Waals surface area contributed by atoms with E-state index in [-0.39, 0.29) is 0 Å². The number of hydrogen-bond donors (Lipinski definition) is 2. The highest BCUT2D eigenvalue weighted by molar-refractivity contribution is 5.91. The molecule has 14 heavy (non-hydrogen) atoms. The first-order chi connectivity index (χ1) is 6.32. The van der Waals surface area contributed by atoms with E-state index in [1.54, 1.807) is 0 Å². The van der Waals surface area contributed by atoms with Gasteiger partial charge < -0.3 is 10.8 Å². The Labute approximate surface area is 76.2 Å². The molecule has 1 amide bonds. The Hall–Kier alpha value is -1.79. The number of halogens is 3. The zero-order chi connectivity index (χ0) is 10.9. The summed E-state index contributed by atoms with van der Waals surface area (Å²) in [6.45, 7) is 0. The van der Waals surface area contributed by atoms with Crippen molar-refractivity contribution in [3.63, 3.8) is 0 Å². The van der Waals surface area contributed by atoms with E-state index in [1.165, 1.54) is 0 Å². The van der Waals surface area contributed by atoms with Crippen LogP contribution in [0.4, 0.5) is 13.2 Å². The van der Waals surface area contributed by atoms with Gasteiger partial charge in [0.1, 0.15) is 17.0 Å². The van der Waals surface area contributed by atoms with E-state index >= 15 is 0 Å². The van der Waals surface area contributed by atoms with Crippen molar-refractivity contribution >= 4 is 5.91 Å². The molecule has 7 heteroatoms. The summed E-state index contributed by atoms with van der Waals surface area (Å²) in [7, 11) is 0. The average Bonchev–Trinajstić information content (AvgIpc) is 2.02. The van der Waals surface area contributed by atoms with Crippen molar-refractivity contribution in [2.45, 2.75) is 6.18 Å². The Morgan fingerprint density at radius 1 is 1.50 bits per heavy atom. The SMILES string of the molecule is NC(=O)c1cc(C(F)(F)F)c(O)cn1. The molecule has 1 aromatic heterocycles. The lowest BCUT2D eigenvalue weighted by Crippen LogP contribution is -2.15. The summed E-state index contributed by atoms with van der Waals surface area (Å²) in [5.41, 5.74) is 2.85. The first kappa shape index (κ1) is 10.3. The third kappa shape index (κ3) is 1.93. The van der Waals surface area contributed by atoms with Gasteiger partial charge in [-0.15, -0.1) is 0 Å². The fourth-order valence-electron chi connectivity index (χ4n) is 0.810. The van der Waals surface area contributed by atoms with Gasteiger partial charge in [-0.1, -0.05) is 0 Å². The minimum atomic E-state index is -4.74. The number of aromatic hydroxyl groups is 1. The van der Waals surface area contributed by atoms with Crippen LogP contribution in [0.25, 0.3) is 0 Å². The quantitative estimate of drug-likeness (QED) is 0.716. The van der Waals surface area contributed by atoms with Gasteiger partial charge in [0.25, 0.3) is 5.91 Å². The minimum absolute atomic E-state index is 0.400. The standard InChI is InChI=1S/C7H5F3N2O2/c8-7(9,10)3-1-4(6(11)14)12-2-5(3)13/h1-2,13H,(H2,11,14). The van der Waals surface area contributed by atoms with Crippen LogP contribution >= 0.6 is 0 Å². The van der Waals surface area contributed by atoms with Crippen LogP contribution in [0.1, 0.15) is 16.1 Å². The molecule has 0 saturated heterocycles. The highest BCUT2D eigenvalue weighted by Crippen LogP contribution is 2.35. The van der Waals surface area contributed by atoms with Crippen molar-refractivity contribution in [1.29, 1.82) is 0 Å². The van der Waals surface area contributed by atoms with Crippen molar-refractivity contribution in [3.05, 3.63) is 23.5 Å². The highest BCUT2D eigenvalue weighted by atomic mass is 19.4. The number of carbonyl (C=O) groups excluding carboxylic acids is 1. The first-order valence-electron chi connectivity index (χ1n) is 3.38. The van der Waals surface area contributed by atoms with E-state index in [4.69, 9.17) is 10.8 Å². The molecule has 0 bridgehead atoms. The maximum absolute atomic E-state index is 12.2. The Morgan fingerprint density at radius 2 is 2.07 bits per heavy atom. The van der Waals surface area contributed by atoms with E-state index in [0.717, 1.165) is 0 Å². The van der Waals surface area contributed by atoms with Gasteiger partial charge in [-0.3, -0.25) is 4.79 Å². The van der Waals surface area contributed by atoms with Gasteiger partial charge in [-0.2, -0.15) is 13.2 Å². The number of primary amides is 1. The third-order valence-electron chi connectivity index (χ3n) is 1.44. The maximum atomic E-state index is 12.2. The summed E-state index contributed by atoms with van der Waals surface area (Å²) in [4.78, 5) is 13.7. The van der Waals surface area contributed by atoms with Crippen LogP contribution < -0.4 is 5.73 Å². The number of nitrogens with two attached hydrogens (primary N) is 1. The fraction of sp³-hybridized carbons (Fsp3) is 0.143. The Morgan fingerprint density at radius 3 is 2.50 bits per heavy atom. The van der Waals surface area contributed by atoms with E-state index in [2.05, 4.69) is 4.98 Å². The molecule has 3 N–H and O–H groups in total. The molecular weight excluding hydrogens is 201 g/mol. The van der Waals surface area contributed by atoms with Gasteiger partial charge in [-0.25, -0.2) is 4.98 Å². The number of amides is 1. The summed E-state index contributed by atoms with van der Waals surface area (Å²) in [5, 5.41) is 8.82. The van der Waals surface area contributed by atoms with Gasteiger partial charge in [0.15, 0.2) is 0 Å². The molecule has 0 aliphatic heterocycles. The van der Waals surface area contributed by atoms with Crippen LogP contribution in [0, 0.1) is 0 Å². The Bertz CT molecular complexity index is 376. The largest absolute Gasteiger partial charge is 0.506 e. The summed E-state index contributed by atoms with van der Waals surface area (Å²) in [6, 6.07) is 0.400. The number of pyridine rings is 1. The zero-order valence-electron chi connectivity index (χ0n) is 6.67. The second kappa shape index (κ2) is 3.17. The van der Waals surface area contributed by atoms with Crippen molar-refractivity contribution in [2.24, 2.45) is 5.73 Å². The smallest absolute Gasteiger partial charge is 0.420 e. The van der Waals surface area contributed by atoms with E-state index in [9.17, 15) is 18.0 Å². The van der Waals surface area contributed by atoms with Gasteiger partial charge in [0, 0.05) is 0 Å². The predicted octanol–water partition coefficient (Wildman–Crippen LogP) is 0.905.